The second-order valence-electron chi connectivity index (χ2n) is 6.32. The Bertz CT molecular complexity index is 296. The van der Waals surface area contributed by atoms with E-state index in [1.807, 2.05) is 0 Å². The summed E-state index contributed by atoms with van der Waals surface area (Å²) in [4.78, 5) is 11.6. The molecule has 20 heavy (non-hydrogen) atoms. The van der Waals surface area contributed by atoms with Gasteiger partial charge in [0.1, 0.15) is 6.61 Å². The summed E-state index contributed by atoms with van der Waals surface area (Å²) in [5.41, 5.74) is 0. The molecule has 0 heterocycles. The molecule has 3 N–H and O–H groups in total. The van der Waals surface area contributed by atoms with E-state index in [1.54, 1.807) is 0 Å². The number of carbonyl (C=O) groups excluding carboxylic acids is 1. The molecule has 0 aliphatic heterocycles. The Balaban J connectivity index is 2.35. The van der Waals surface area contributed by atoms with Crippen molar-refractivity contribution in [2.75, 3.05) is 19.8 Å². The van der Waals surface area contributed by atoms with E-state index in [-0.39, 0.29) is 31.8 Å². The van der Waals surface area contributed by atoms with Crippen LogP contribution in [0.3, 0.4) is 0 Å². The standard InChI is InChI=1S/C15H29NO4/c1-10(2)13-5-4-11(3)6-14(13)20-9-15(19)16-7-12(18)8-17/h10-14,17-18H,4-9H2,1-3H3,(H,16,19)/t11?,12-,13?,14?/m1/s1. The van der Waals surface area contributed by atoms with Crippen molar-refractivity contribution in [1.29, 1.82) is 0 Å². The average Bonchev–Trinajstić information content (AvgIpc) is 2.42. The van der Waals surface area contributed by atoms with Gasteiger partial charge in [-0.25, -0.2) is 0 Å². The van der Waals surface area contributed by atoms with E-state index < -0.39 is 6.10 Å². The van der Waals surface area contributed by atoms with Crippen LogP contribution in [0.4, 0.5) is 0 Å². The molecule has 0 aromatic rings. The van der Waals surface area contributed by atoms with Crippen molar-refractivity contribution in [3.63, 3.8) is 0 Å². The van der Waals surface area contributed by atoms with E-state index in [0.717, 1.165) is 12.8 Å². The second kappa shape index (κ2) is 8.60. The molecule has 5 nitrogen and oxygen atoms in total. The minimum absolute atomic E-state index is 0.0265. The molecular formula is C15H29NO4. The Kier molecular flexibility index (Phi) is 7.48. The van der Waals surface area contributed by atoms with E-state index >= 15 is 0 Å². The summed E-state index contributed by atoms with van der Waals surface area (Å²) >= 11 is 0. The van der Waals surface area contributed by atoms with Gasteiger partial charge in [0.15, 0.2) is 0 Å². The first-order valence-corrected chi connectivity index (χ1v) is 7.61. The van der Waals surface area contributed by atoms with Gasteiger partial charge in [0, 0.05) is 6.54 Å². The third-order valence-corrected chi connectivity index (χ3v) is 4.14. The summed E-state index contributed by atoms with van der Waals surface area (Å²) in [6, 6.07) is 0. The molecular weight excluding hydrogens is 258 g/mol. The van der Waals surface area contributed by atoms with Crippen molar-refractivity contribution in [3.8, 4) is 0 Å². The van der Waals surface area contributed by atoms with Crippen molar-refractivity contribution < 1.29 is 19.7 Å². The third kappa shape index (κ3) is 5.77. The summed E-state index contributed by atoms with van der Waals surface area (Å²) in [7, 11) is 0. The van der Waals surface area contributed by atoms with Crippen LogP contribution >= 0.6 is 0 Å². The van der Waals surface area contributed by atoms with Crippen LogP contribution in [0.1, 0.15) is 40.0 Å². The van der Waals surface area contributed by atoms with Gasteiger partial charge in [0.2, 0.25) is 5.91 Å². The number of amides is 1. The first kappa shape index (κ1) is 17.4. The minimum atomic E-state index is -0.905. The molecule has 1 amide bonds. The van der Waals surface area contributed by atoms with E-state index in [1.165, 1.54) is 6.42 Å². The van der Waals surface area contributed by atoms with E-state index in [4.69, 9.17) is 14.9 Å². The van der Waals surface area contributed by atoms with Crippen LogP contribution in [0.15, 0.2) is 0 Å². The first-order chi connectivity index (χ1) is 9.43. The Morgan fingerprint density at radius 1 is 1.40 bits per heavy atom. The number of nitrogens with one attached hydrogen (secondary N) is 1. The molecule has 5 heteroatoms. The predicted octanol–water partition coefficient (Wildman–Crippen LogP) is 0.933. The fourth-order valence-corrected chi connectivity index (χ4v) is 2.84. The summed E-state index contributed by atoms with van der Waals surface area (Å²) in [5, 5.41) is 20.4. The Labute approximate surface area is 121 Å². The van der Waals surface area contributed by atoms with Gasteiger partial charge >= 0.3 is 0 Å². The van der Waals surface area contributed by atoms with E-state index in [2.05, 4.69) is 26.1 Å². The highest BCUT2D eigenvalue weighted by Gasteiger charge is 2.31. The lowest BCUT2D eigenvalue weighted by molar-refractivity contribution is -0.131. The quantitative estimate of drug-likeness (QED) is 0.651. The van der Waals surface area contributed by atoms with E-state index in [9.17, 15) is 4.79 Å². The van der Waals surface area contributed by atoms with Gasteiger partial charge in [-0.15, -0.1) is 0 Å². The van der Waals surface area contributed by atoms with Gasteiger partial charge in [-0.1, -0.05) is 27.2 Å². The molecule has 4 atom stereocenters. The fraction of sp³-hybridized carbons (Fsp3) is 0.933. The Morgan fingerprint density at radius 3 is 2.70 bits per heavy atom. The average molecular weight is 287 g/mol. The van der Waals surface area contributed by atoms with Gasteiger partial charge in [-0.2, -0.15) is 0 Å². The summed E-state index contributed by atoms with van der Waals surface area (Å²) in [5.74, 6) is 1.49. The number of hydrogen-bond acceptors (Lipinski definition) is 4. The maximum absolute atomic E-state index is 11.6. The molecule has 1 aliphatic rings. The zero-order chi connectivity index (χ0) is 15.1. The molecule has 1 aliphatic carbocycles. The summed E-state index contributed by atoms with van der Waals surface area (Å²) in [6.07, 6.45) is 2.64. The molecule has 1 rings (SSSR count). The molecule has 1 fully saturated rings. The smallest absolute Gasteiger partial charge is 0.246 e. The molecule has 0 saturated heterocycles. The number of hydrogen-bond donors (Lipinski definition) is 3. The number of carbonyl (C=O) groups is 1. The van der Waals surface area contributed by atoms with Gasteiger partial charge in [0.05, 0.1) is 18.8 Å². The van der Waals surface area contributed by atoms with Crippen LogP contribution < -0.4 is 5.32 Å². The molecule has 118 valence electrons. The van der Waals surface area contributed by atoms with Crippen LogP contribution in [0, 0.1) is 17.8 Å². The highest BCUT2D eigenvalue weighted by atomic mass is 16.5. The number of ether oxygens (including phenoxy) is 1. The fourth-order valence-electron chi connectivity index (χ4n) is 2.84. The highest BCUT2D eigenvalue weighted by molar-refractivity contribution is 5.77. The summed E-state index contributed by atoms with van der Waals surface area (Å²) < 4.78 is 5.80. The topological polar surface area (TPSA) is 78.8 Å². The molecule has 0 aromatic carbocycles. The maximum Gasteiger partial charge on any atom is 0.246 e. The zero-order valence-corrected chi connectivity index (χ0v) is 12.8. The highest BCUT2D eigenvalue weighted by Crippen LogP contribution is 2.35. The SMILES string of the molecule is CC1CCC(C(C)C)C(OCC(=O)NC[C@@H](O)CO)C1. The number of aliphatic hydroxyl groups is 2. The molecule has 0 aromatic heterocycles. The van der Waals surface area contributed by atoms with Crippen molar-refractivity contribution >= 4 is 5.91 Å². The Morgan fingerprint density at radius 2 is 2.10 bits per heavy atom. The summed E-state index contributed by atoms with van der Waals surface area (Å²) in [6.45, 7) is 6.37. The molecule has 0 bridgehead atoms. The second-order valence-corrected chi connectivity index (χ2v) is 6.32. The molecule has 3 unspecified atom stereocenters. The van der Waals surface area contributed by atoms with Gasteiger partial charge in [0.25, 0.3) is 0 Å². The van der Waals surface area contributed by atoms with Crippen LogP contribution in [0.5, 0.6) is 0 Å². The number of rotatable bonds is 7. The normalized spacial score (nSPS) is 28.4. The van der Waals surface area contributed by atoms with Crippen LogP contribution in [0.2, 0.25) is 0 Å². The van der Waals surface area contributed by atoms with Crippen LogP contribution in [-0.2, 0) is 9.53 Å². The molecule has 0 spiro atoms. The van der Waals surface area contributed by atoms with Crippen LogP contribution in [0.25, 0.3) is 0 Å². The number of aliphatic hydroxyl groups excluding tert-OH is 2. The van der Waals surface area contributed by atoms with Crippen molar-refractivity contribution in [1.82, 2.24) is 5.32 Å². The lowest BCUT2D eigenvalue weighted by Crippen LogP contribution is -2.39. The van der Waals surface area contributed by atoms with Crippen molar-refractivity contribution in [2.24, 2.45) is 17.8 Å². The van der Waals surface area contributed by atoms with Crippen LogP contribution in [-0.4, -0.2) is 48.1 Å². The van der Waals surface area contributed by atoms with Gasteiger partial charge in [-0.3, -0.25) is 4.79 Å². The lowest BCUT2D eigenvalue weighted by atomic mass is 9.75. The first-order valence-electron chi connectivity index (χ1n) is 7.61. The predicted molar refractivity (Wildman–Crippen MR) is 77.2 cm³/mol. The minimum Gasteiger partial charge on any atom is -0.394 e. The largest absolute Gasteiger partial charge is 0.394 e. The van der Waals surface area contributed by atoms with Gasteiger partial charge < -0.3 is 20.3 Å². The van der Waals surface area contributed by atoms with Crippen molar-refractivity contribution in [2.45, 2.75) is 52.2 Å². The molecule has 0 radical (unpaired) electrons. The molecule has 1 saturated carbocycles. The zero-order valence-electron chi connectivity index (χ0n) is 12.8. The lowest BCUT2D eigenvalue weighted by Gasteiger charge is -2.37. The third-order valence-electron chi connectivity index (χ3n) is 4.14. The Hall–Kier alpha value is -0.650. The van der Waals surface area contributed by atoms with Gasteiger partial charge in [-0.05, 0) is 30.6 Å². The monoisotopic (exact) mass is 287 g/mol. The van der Waals surface area contributed by atoms with Crippen molar-refractivity contribution in [3.05, 3.63) is 0 Å². The van der Waals surface area contributed by atoms with E-state index in [0.29, 0.717) is 17.8 Å². The maximum atomic E-state index is 11.6.